The minimum absolute atomic E-state index is 0.427. The fourth-order valence-corrected chi connectivity index (χ4v) is 2.23. The molecule has 1 aromatic rings. The summed E-state index contributed by atoms with van der Waals surface area (Å²) in [4.78, 5) is 0. The normalized spacial score (nSPS) is 15.8. The van der Waals surface area contributed by atoms with E-state index < -0.39 is 0 Å². The summed E-state index contributed by atoms with van der Waals surface area (Å²) >= 11 is 0. The SMILES string of the molecule is COc1ccc(N)cc1OCCOC1CCCC1. The third kappa shape index (κ3) is 3.53. The van der Waals surface area contributed by atoms with Crippen molar-refractivity contribution in [2.24, 2.45) is 0 Å². The molecule has 0 amide bonds. The fourth-order valence-electron chi connectivity index (χ4n) is 2.23. The second-order valence-corrected chi connectivity index (χ2v) is 4.54. The van der Waals surface area contributed by atoms with Crippen molar-refractivity contribution in [2.45, 2.75) is 31.8 Å². The van der Waals surface area contributed by atoms with Gasteiger partial charge in [0.25, 0.3) is 0 Å². The zero-order valence-electron chi connectivity index (χ0n) is 10.9. The number of methoxy groups -OCH3 is 1. The van der Waals surface area contributed by atoms with E-state index >= 15 is 0 Å². The molecule has 100 valence electrons. The Labute approximate surface area is 108 Å². The molecule has 0 bridgehead atoms. The zero-order valence-corrected chi connectivity index (χ0v) is 10.9. The van der Waals surface area contributed by atoms with Crippen molar-refractivity contribution in [1.29, 1.82) is 0 Å². The van der Waals surface area contributed by atoms with E-state index in [0.29, 0.717) is 36.5 Å². The van der Waals surface area contributed by atoms with Crippen LogP contribution in [0.1, 0.15) is 25.7 Å². The van der Waals surface area contributed by atoms with Gasteiger partial charge in [0.05, 0.1) is 19.8 Å². The smallest absolute Gasteiger partial charge is 0.163 e. The van der Waals surface area contributed by atoms with E-state index in [1.54, 1.807) is 19.2 Å². The van der Waals surface area contributed by atoms with E-state index in [1.165, 1.54) is 25.7 Å². The van der Waals surface area contributed by atoms with Gasteiger partial charge in [-0.1, -0.05) is 12.8 Å². The summed E-state index contributed by atoms with van der Waals surface area (Å²) in [5, 5.41) is 0. The van der Waals surface area contributed by atoms with Crippen molar-refractivity contribution in [3.8, 4) is 11.5 Å². The van der Waals surface area contributed by atoms with E-state index in [9.17, 15) is 0 Å². The number of rotatable bonds is 6. The van der Waals surface area contributed by atoms with E-state index in [-0.39, 0.29) is 0 Å². The summed E-state index contributed by atoms with van der Waals surface area (Å²) in [6.07, 6.45) is 5.36. The van der Waals surface area contributed by atoms with Crippen LogP contribution >= 0.6 is 0 Å². The van der Waals surface area contributed by atoms with E-state index in [2.05, 4.69) is 0 Å². The molecule has 1 fully saturated rings. The number of hydrogen-bond acceptors (Lipinski definition) is 4. The van der Waals surface area contributed by atoms with Crippen LogP contribution in [0.5, 0.6) is 11.5 Å². The Balaban J connectivity index is 1.76. The summed E-state index contributed by atoms with van der Waals surface area (Å²) < 4.78 is 16.6. The molecule has 0 aliphatic heterocycles. The fraction of sp³-hybridized carbons (Fsp3) is 0.571. The predicted octanol–water partition coefficient (Wildman–Crippen LogP) is 2.62. The predicted molar refractivity (Wildman–Crippen MR) is 71.1 cm³/mol. The number of nitrogens with two attached hydrogens (primary N) is 1. The van der Waals surface area contributed by atoms with Crippen LogP contribution in [-0.2, 0) is 4.74 Å². The second-order valence-electron chi connectivity index (χ2n) is 4.54. The van der Waals surface area contributed by atoms with Gasteiger partial charge in [0, 0.05) is 11.8 Å². The first-order valence-corrected chi connectivity index (χ1v) is 6.47. The molecule has 1 saturated carbocycles. The first-order valence-electron chi connectivity index (χ1n) is 6.47. The van der Waals surface area contributed by atoms with Crippen LogP contribution in [0.2, 0.25) is 0 Å². The molecule has 0 atom stereocenters. The third-order valence-corrected chi connectivity index (χ3v) is 3.18. The van der Waals surface area contributed by atoms with Crippen LogP contribution in [0.15, 0.2) is 18.2 Å². The van der Waals surface area contributed by atoms with Crippen molar-refractivity contribution in [1.82, 2.24) is 0 Å². The number of hydrogen-bond donors (Lipinski definition) is 1. The Morgan fingerprint density at radius 1 is 1.17 bits per heavy atom. The first-order chi connectivity index (χ1) is 8.79. The molecule has 1 aromatic carbocycles. The standard InChI is InChI=1S/C14H21NO3/c1-16-13-7-6-11(15)10-14(13)18-9-8-17-12-4-2-3-5-12/h6-7,10,12H,2-5,8-9,15H2,1H3. The lowest BCUT2D eigenvalue weighted by Gasteiger charge is -2.13. The van der Waals surface area contributed by atoms with Gasteiger partial charge in [0.1, 0.15) is 6.61 Å². The Morgan fingerprint density at radius 2 is 1.94 bits per heavy atom. The lowest BCUT2D eigenvalue weighted by molar-refractivity contribution is 0.0377. The number of nitrogen functional groups attached to an aromatic ring is 1. The average Bonchev–Trinajstić information content (AvgIpc) is 2.88. The van der Waals surface area contributed by atoms with Crippen LogP contribution in [-0.4, -0.2) is 26.4 Å². The minimum atomic E-state index is 0.427. The van der Waals surface area contributed by atoms with Gasteiger partial charge in [-0.05, 0) is 25.0 Å². The van der Waals surface area contributed by atoms with Gasteiger partial charge < -0.3 is 19.9 Å². The summed E-state index contributed by atoms with van der Waals surface area (Å²) in [5.74, 6) is 1.37. The number of ether oxygens (including phenoxy) is 3. The molecule has 0 radical (unpaired) electrons. The maximum atomic E-state index is 5.73. The molecule has 2 N–H and O–H groups in total. The first kappa shape index (κ1) is 13.0. The maximum absolute atomic E-state index is 5.73. The quantitative estimate of drug-likeness (QED) is 0.623. The van der Waals surface area contributed by atoms with Crippen LogP contribution in [0.3, 0.4) is 0 Å². The molecule has 0 saturated heterocycles. The largest absolute Gasteiger partial charge is 0.493 e. The van der Waals surface area contributed by atoms with Crippen molar-refractivity contribution in [3.63, 3.8) is 0 Å². The highest BCUT2D eigenvalue weighted by Crippen LogP contribution is 2.29. The van der Waals surface area contributed by atoms with Gasteiger partial charge in [0.2, 0.25) is 0 Å². The van der Waals surface area contributed by atoms with Gasteiger partial charge in [-0.2, -0.15) is 0 Å². The highest BCUT2D eigenvalue weighted by Gasteiger charge is 2.15. The maximum Gasteiger partial charge on any atom is 0.163 e. The van der Waals surface area contributed by atoms with Crippen LogP contribution in [0.25, 0.3) is 0 Å². The highest BCUT2D eigenvalue weighted by molar-refractivity contribution is 5.51. The molecule has 0 unspecified atom stereocenters. The summed E-state index contributed by atoms with van der Waals surface area (Å²) in [7, 11) is 1.62. The molecule has 2 rings (SSSR count). The highest BCUT2D eigenvalue weighted by atomic mass is 16.5. The zero-order chi connectivity index (χ0) is 12.8. The summed E-state index contributed by atoms with van der Waals surface area (Å²) in [5.41, 5.74) is 6.39. The molecule has 4 heteroatoms. The molecule has 0 spiro atoms. The minimum Gasteiger partial charge on any atom is -0.493 e. The van der Waals surface area contributed by atoms with Gasteiger partial charge in [0.15, 0.2) is 11.5 Å². The van der Waals surface area contributed by atoms with Gasteiger partial charge >= 0.3 is 0 Å². The molecular weight excluding hydrogens is 230 g/mol. The van der Waals surface area contributed by atoms with Gasteiger partial charge in [-0.15, -0.1) is 0 Å². The Bertz CT molecular complexity index is 375. The van der Waals surface area contributed by atoms with Gasteiger partial charge in [-0.3, -0.25) is 0 Å². The van der Waals surface area contributed by atoms with E-state index in [4.69, 9.17) is 19.9 Å². The molecule has 1 aliphatic rings. The van der Waals surface area contributed by atoms with Crippen LogP contribution in [0, 0.1) is 0 Å². The van der Waals surface area contributed by atoms with E-state index in [1.807, 2.05) is 6.07 Å². The number of benzene rings is 1. The third-order valence-electron chi connectivity index (χ3n) is 3.18. The van der Waals surface area contributed by atoms with Gasteiger partial charge in [-0.25, -0.2) is 0 Å². The van der Waals surface area contributed by atoms with Crippen molar-refractivity contribution in [2.75, 3.05) is 26.1 Å². The molecular formula is C14H21NO3. The number of anilines is 1. The lowest BCUT2D eigenvalue weighted by atomic mass is 10.3. The van der Waals surface area contributed by atoms with Crippen LogP contribution in [0.4, 0.5) is 5.69 Å². The Morgan fingerprint density at radius 3 is 2.67 bits per heavy atom. The summed E-state index contributed by atoms with van der Waals surface area (Å²) in [6, 6.07) is 5.37. The van der Waals surface area contributed by atoms with Crippen molar-refractivity contribution < 1.29 is 14.2 Å². The lowest BCUT2D eigenvalue weighted by Crippen LogP contribution is -2.14. The average molecular weight is 251 g/mol. The second kappa shape index (κ2) is 6.50. The molecule has 4 nitrogen and oxygen atoms in total. The molecule has 1 aliphatic carbocycles. The molecule has 0 aromatic heterocycles. The monoisotopic (exact) mass is 251 g/mol. The van der Waals surface area contributed by atoms with Crippen molar-refractivity contribution in [3.05, 3.63) is 18.2 Å². The molecule has 18 heavy (non-hydrogen) atoms. The topological polar surface area (TPSA) is 53.7 Å². The Kier molecular flexibility index (Phi) is 4.70. The Hall–Kier alpha value is -1.42. The molecule has 0 heterocycles. The summed E-state index contributed by atoms with van der Waals surface area (Å²) in [6.45, 7) is 1.14. The van der Waals surface area contributed by atoms with Crippen LogP contribution < -0.4 is 15.2 Å². The van der Waals surface area contributed by atoms with E-state index in [0.717, 1.165) is 0 Å². The van der Waals surface area contributed by atoms with Crippen molar-refractivity contribution >= 4 is 5.69 Å².